The Hall–Kier alpha value is -2.55. The molecule has 152 valence electrons. The van der Waals surface area contributed by atoms with Gasteiger partial charge in [0.15, 0.2) is 0 Å². The number of carboxylic acids is 1. The van der Waals surface area contributed by atoms with E-state index >= 15 is 0 Å². The van der Waals surface area contributed by atoms with Crippen molar-refractivity contribution < 1.29 is 9.90 Å². The lowest BCUT2D eigenvalue weighted by atomic mass is 9.79. The molecule has 0 radical (unpaired) electrons. The summed E-state index contributed by atoms with van der Waals surface area (Å²) in [6.45, 7) is 16.2. The van der Waals surface area contributed by atoms with Gasteiger partial charge in [0.1, 0.15) is 0 Å². The third kappa shape index (κ3) is 3.46. The monoisotopic (exact) mass is 381 g/mol. The number of carboxylic acid groups (broad SMARTS) is 1. The molecule has 4 rings (SSSR count). The summed E-state index contributed by atoms with van der Waals surface area (Å²) in [6.07, 6.45) is 0. The number of benzene rings is 2. The van der Waals surface area contributed by atoms with Crippen LogP contribution in [0.25, 0.3) is 22.2 Å². The SMILES string of the molecule is CC.CC.CC.Cn1c2c(c3ccccc31)C(C)(C)c1c(C(=O)O)cccc1-2. The number of aromatic nitrogens is 1. The van der Waals surface area contributed by atoms with Crippen molar-refractivity contribution in [1.82, 2.24) is 4.57 Å². The molecule has 0 amide bonds. The van der Waals surface area contributed by atoms with E-state index in [2.05, 4.69) is 37.6 Å². The average molecular weight is 382 g/mol. The van der Waals surface area contributed by atoms with Crippen molar-refractivity contribution in [2.75, 3.05) is 0 Å². The first kappa shape index (κ1) is 23.5. The van der Waals surface area contributed by atoms with Crippen molar-refractivity contribution in [2.24, 2.45) is 7.05 Å². The largest absolute Gasteiger partial charge is 0.478 e. The number of hydrogen-bond donors (Lipinski definition) is 1. The van der Waals surface area contributed by atoms with Crippen LogP contribution in [0.4, 0.5) is 0 Å². The summed E-state index contributed by atoms with van der Waals surface area (Å²) >= 11 is 0. The standard InChI is InChI=1S/C19H17NO2.3C2H6/c1-19(2)15-12(8-6-9-13(15)18(21)22)17-16(19)11-7-4-5-10-14(11)20(17)3;3*1-2/h4-10H,1-3H3,(H,21,22);3*1-2H3. The molecule has 1 heterocycles. The summed E-state index contributed by atoms with van der Waals surface area (Å²) in [5.74, 6) is -0.859. The number of aromatic carboxylic acids is 1. The zero-order valence-corrected chi connectivity index (χ0v) is 18.8. The lowest BCUT2D eigenvalue weighted by molar-refractivity contribution is 0.0694. The predicted molar refractivity (Wildman–Crippen MR) is 121 cm³/mol. The van der Waals surface area contributed by atoms with Gasteiger partial charge < -0.3 is 9.67 Å². The van der Waals surface area contributed by atoms with Gasteiger partial charge in [0.2, 0.25) is 0 Å². The van der Waals surface area contributed by atoms with E-state index in [1.54, 1.807) is 6.07 Å². The molecule has 3 heteroatoms. The van der Waals surface area contributed by atoms with Crippen molar-refractivity contribution in [2.45, 2.75) is 60.8 Å². The molecule has 1 aliphatic carbocycles. The van der Waals surface area contributed by atoms with Gasteiger partial charge >= 0.3 is 5.97 Å². The van der Waals surface area contributed by atoms with Gasteiger partial charge in [0.25, 0.3) is 0 Å². The lowest BCUT2D eigenvalue weighted by Gasteiger charge is -2.23. The molecule has 0 spiro atoms. The summed E-state index contributed by atoms with van der Waals surface area (Å²) in [6, 6.07) is 13.9. The van der Waals surface area contributed by atoms with Crippen molar-refractivity contribution >= 4 is 16.9 Å². The number of hydrogen-bond acceptors (Lipinski definition) is 1. The van der Waals surface area contributed by atoms with E-state index in [9.17, 15) is 9.90 Å². The van der Waals surface area contributed by atoms with Crippen molar-refractivity contribution in [1.29, 1.82) is 0 Å². The number of fused-ring (bicyclic) bond motifs is 5. The second kappa shape index (κ2) is 9.59. The van der Waals surface area contributed by atoms with Crippen LogP contribution in [0.1, 0.15) is 76.9 Å². The van der Waals surface area contributed by atoms with Crippen molar-refractivity contribution in [3.05, 3.63) is 59.2 Å². The van der Waals surface area contributed by atoms with Gasteiger partial charge in [-0.25, -0.2) is 4.79 Å². The second-order valence-electron chi connectivity index (χ2n) is 6.46. The quantitative estimate of drug-likeness (QED) is 0.482. The minimum absolute atomic E-state index is 0.319. The van der Waals surface area contributed by atoms with Gasteiger partial charge in [0, 0.05) is 28.9 Å². The molecule has 0 saturated carbocycles. The summed E-state index contributed by atoms with van der Waals surface area (Å²) in [7, 11) is 2.06. The Kier molecular flexibility index (Phi) is 8.04. The Morgan fingerprint density at radius 3 is 2.00 bits per heavy atom. The molecule has 1 aromatic heterocycles. The van der Waals surface area contributed by atoms with Crippen LogP contribution in [0, 0.1) is 0 Å². The zero-order chi connectivity index (χ0) is 21.6. The molecule has 0 aliphatic heterocycles. The predicted octanol–water partition coefficient (Wildman–Crippen LogP) is 7.26. The molecule has 2 aromatic carbocycles. The third-order valence-electron chi connectivity index (χ3n) is 4.91. The van der Waals surface area contributed by atoms with Crippen LogP contribution in [0.3, 0.4) is 0 Å². The van der Waals surface area contributed by atoms with E-state index in [-0.39, 0.29) is 5.41 Å². The van der Waals surface area contributed by atoms with Crippen LogP contribution in [0.15, 0.2) is 42.5 Å². The maximum atomic E-state index is 11.7. The third-order valence-corrected chi connectivity index (χ3v) is 4.91. The topological polar surface area (TPSA) is 42.2 Å². The summed E-state index contributed by atoms with van der Waals surface area (Å²) in [5.41, 5.74) is 5.61. The summed E-state index contributed by atoms with van der Waals surface area (Å²) < 4.78 is 2.18. The molecule has 0 atom stereocenters. The fourth-order valence-corrected chi connectivity index (χ4v) is 4.07. The van der Waals surface area contributed by atoms with Crippen LogP contribution >= 0.6 is 0 Å². The highest BCUT2D eigenvalue weighted by molar-refractivity contribution is 6.01. The van der Waals surface area contributed by atoms with Crippen molar-refractivity contribution in [3.8, 4) is 11.3 Å². The maximum Gasteiger partial charge on any atom is 0.336 e. The molecule has 3 aromatic rings. The van der Waals surface area contributed by atoms with Crippen LogP contribution in [-0.4, -0.2) is 15.6 Å². The molecule has 0 saturated heterocycles. The molecule has 0 unspecified atom stereocenters. The number of carbonyl (C=O) groups is 1. The van der Waals surface area contributed by atoms with Crippen LogP contribution < -0.4 is 0 Å². The minimum atomic E-state index is -0.859. The smallest absolute Gasteiger partial charge is 0.336 e. The van der Waals surface area contributed by atoms with Gasteiger partial charge in [-0.2, -0.15) is 0 Å². The Morgan fingerprint density at radius 1 is 0.857 bits per heavy atom. The average Bonchev–Trinajstić information content (AvgIpc) is 3.18. The fraction of sp³-hybridized carbons (Fsp3) is 0.400. The highest BCUT2D eigenvalue weighted by Crippen LogP contribution is 2.53. The number of nitrogens with zero attached hydrogens (tertiary/aromatic N) is 1. The van der Waals surface area contributed by atoms with Gasteiger partial charge in [-0.05, 0) is 23.3 Å². The molecule has 28 heavy (non-hydrogen) atoms. The highest BCUT2D eigenvalue weighted by atomic mass is 16.4. The number of aryl methyl sites for hydroxylation is 1. The Balaban J connectivity index is 0.000000599. The van der Waals surface area contributed by atoms with E-state index < -0.39 is 5.97 Å². The Labute approximate surface area is 170 Å². The number of para-hydroxylation sites is 1. The molecular weight excluding hydrogens is 346 g/mol. The Morgan fingerprint density at radius 2 is 1.43 bits per heavy atom. The van der Waals surface area contributed by atoms with Crippen LogP contribution in [0.5, 0.6) is 0 Å². The van der Waals surface area contributed by atoms with E-state index in [0.717, 1.165) is 16.8 Å². The van der Waals surface area contributed by atoms with E-state index in [1.165, 1.54) is 16.5 Å². The molecule has 0 bridgehead atoms. The van der Waals surface area contributed by atoms with Gasteiger partial charge in [-0.1, -0.05) is 85.7 Å². The highest BCUT2D eigenvalue weighted by Gasteiger charge is 2.42. The molecule has 3 nitrogen and oxygen atoms in total. The minimum Gasteiger partial charge on any atom is -0.478 e. The second-order valence-corrected chi connectivity index (χ2v) is 6.46. The summed E-state index contributed by atoms with van der Waals surface area (Å²) in [4.78, 5) is 11.7. The zero-order valence-electron chi connectivity index (χ0n) is 18.8. The van der Waals surface area contributed by atoms with Gasteiger partial charge in [-0.3, -0.25) is 0 Å². The first-order valence-electron chi connectivity index (χ1n) is 10.4. The molecule has 1 N–H and O–H groups in total. The fourth-order valence-electron chi connectivity index (χ4n) is 4.07. The molecular formula is C25H35NO2. The van der Waals surface area contributed by atoms with Crippen molar-refractivity contribution in [3.63, 3.8) is 0 Å². The van der Waals surface area contributed by atoms with Crippen LogP contribution in [0.2, 0.25) is 0 Å². The summed E-state index contributed by atoms with van der Waals surface area (Å²) in [5, 5.41) is 10.8. The van der Waals surface area contributed by atoms with Gasteiger partial charge in [0.05, 0.1) is 11.3 Å². The van der Waals surface area contributed by atoms with Crippen LogP contribution in [-0.2, 0) is 12.5 Å². The van der Waals surface area contributed by atoms with E-state index in [0.29, 0.717) is 5.56 Å². The lowest BCUT2D eigenvalue weighted by Crippen LogP contribution is -2.19. The Bertz CT molecular complexity index is 949. The normalized spacial score (nSPS) is 12.3. The van der Waals surface area contributed by atoms with E-state index in [1.807, 2.05) is 65.8 Å². The maximum absolute atomic E-state index is 11.7. The first-order valence-corrected chi connectivity index (χ1v) is 10.4. The first-order chi connectivity index (χ1) is 13.4. The molecule has 1 aliphatic rings. The molecule has 0 fully saturated rings. The van der Waals surface area contributed by atoms with E-state index in [4.69, 9.17) is 0 Å². The number of rotatable bonds is 1. The van der Waals surface area contributed by atoms with Gasteiger partial charge in [-0.15, -0.1) is 0 Å².